The van der Waals surface area contributed by atoms with Gasteiger partial charge in [-0.25, -0.2) is 9.69 Å². The van der Waals surface area contributed by atoms with E-state index in [1.54, 1.807) is 26.0 Å². The number of hydrogen-bond donors (Lipinski definition) is 1. The fourth-order valence-corrected chi connectivity index (χ4v) is 2.09. The molecule has 0 radical (unpaired) electrons. The molecule has 4 nitrogen and oxygen atoms in total. The first-order valence-electron chi connectivity index (χ1n) is 5.73. The van der Waals surface area contributed by atoms with Crippen LogP contribution in [0.25, 0.3) is 0 Å². The first-order valence-corrected chi connectivity index (χ1v) is 5.73. The maximum Gasteiger partial charge on any atom is 0.417 e. The third-order valence-electron chi connectivity index (χ3n) is 3.62. The van der Waals surface area contributed by atoms with E-state index in [9.17, 15) is 9.90 Å². The van der Waals surface area contributed by atoms with Gasteiger partial charge >= 0.3 is 6.09 Å². The standard InChI is InChI=1S/C13H17NO3/c1-4-12(2)13(3,16)14(11(15)17-12)10-8-6-5-7-9-10/h5-9,16H,4H2,1-3H3/t12-,13+/m1/s1. The number of ether oxygens (including phenoxy) is 1. The fourth-order valence-electron chi connectivity index (χ4n) is 2.09. The van der Waals surface area contributed by atoms with Gasteiger partial charge in [0.25, 0.3) is 0 Å². The van der Waals surface area contributed by atoms with Gasteiger partial charge < -0.3 is 9.84 Å². The predicted molar refractivity (Wildman–Crippen MR) is 64.7 cm³/mol. The average molecular weight is 235 g/mol. The number of carbonyl (C=O) groups is 1. The lowest BCUT2D eigenvalue weighted by molar-refractivity contribution is -0.0861. The van der Waals surface area contributed by atoms with Gasteiger partial charge in [0.15, 0.2) is 11.3 Å². The SMILES string of the molecule is CC[C@@]1(C)OC(=O)N(c2ccccc2)[C@@]1(C)O. The van der Waals surface area contributed by atoms with Crippen molar-refractivity contribution in [1.82, 2.24) is 0 Å². The van der Waals surface area contributed by atoms with E-state index in [-0.39, 0.29) is 0 Å². The normalized spacial score (nSPS) is 32.7. The van der Waals surface area contributed by atoms with E-state index in [1.807, 2.05) is 25.1 Å². The van der Waals surface area contributed by atoms with E-state index in [1.165, 1.54) is 4.90 Å². The van der Waals surface area contributed by atoms with Crippen molar-refractivity contribution in [3.63, 3.8) is 0 Å². The van der Waals surface area contributed by atoms with E-state index >= 15 is 0 Å². The number of cyclic esters (lactones) is 1. The van der Waals surface area contributed by atoms with Gasteiger partial charge in [0.2, 0.25) is 0 Å². The van der Waals surface area contributed by atoms with Crippen molar-refractivity contribution in [3.05, 3.63) is 30.3 Å². The minimum Gasteiger partial charge on any atom is -0.438 e. The van der Waals surface area contributed by atoms with Gasteiger partial charge in [0.1, 0.15) is 0 Å². The molecule has 1 N–H and O–H groups in total. The molecule has 1 amide bonds. The maximum atomic E-state index is 11.9. The Morgan fingerprint density at radius 1 is 1.29 bits per heavy atom. The minimum absolute atomic E-state index is 0.509. The third-order valence-corrected chi connectivity index (χ3v) is 3.62. The molecule has 0 unspecified atom stereocenters. The van der Waals surface area contributed by atoms with Crippen LogP contribution >= 0.6 is 0 Å². The van der Waals surface area contributed by atoms with Gasteiger partial charge in [-0.1, -0.05) is 25.1 Å². The van der Waals surface area contributed by atoms with E-state index in [0.717, 1.165) is 0 Å². The average Bonchev–Trinajstić information content (AvgIpc) is 2.47. The van der Waals surface area contributed by atoms with Gasteiger partial charge in [-0.05, 0) is 32.4 Å². The zero-order chi connectivity index (χ0) is 12.7. The van der Waals surface area contributed by atoms with Crippen LogP contribution in [-0.2, 0) is 4.74 Å². The van der Waals surface area contributed by atoms with Gasteiger partial charge in [-0.3, -0.25) is 0 Å². The lowest BCUT2D eigenvalue weighted by Crippen LogP contribution is -2.55. The van der Waals surface area contributed by atoms with Gasteiger partial charge in [-0.15, -0.1) is 0 Å². The summed E-state index contributed by atoms with van der Waals surface area (Å²) in [5.41, 5.74) is -1.60. The molecule has 4 heteroatoms. The maximum absolute atomic E-state index is 11.9. The molecule has 17 heavy (non-hydrogen) atoms. The first-order chi connectivity index (χ1) is 7.92. The predicted octanol–water partition coefficient (Wildman–Crippen LogP) is 2.52. The first kappa shape index (κ1) is 11.9. The molecule has 1 aliphatic rings. The molecule has 1 heterocycles. The second-order valence-corrected chi connectivity index (χ2v) is 4.64. The van der Waals surface area contributed by atoms with Crippen molar-refractivity contribution < 1.29 is 14.6 Å². The van der Waals surface area contributed by atoms with E-state index in [2.05, 4.69) is 0 Å². The number of aliphatic hydroxyl groups is 1. The Morgan fingerprint density at radius 2 is 1.88 bits per heavy atom. The Kier molecular flexibility index (Phi) is 2.62. The van der Waals surface area contributed by atoms with Crippen molar-refractivity contribution in [2.24, 2.45) is 0 Å². The Bertz CT molecular complexity index is 430. The Hall–Kier alpha value is -1.55. The highest BCUT2D eigenvalue weighted by Gasteiger charge is 2.58. The molecule has 1 aromatic rings. The molecule has 0 bridgehead atoms. The van der Waals surface area contributed by atoms with Crippen LogP contribution in [0.2, 0.25) is 0 Å². The quantitative estimate of drug-likeness (QED) is 0.856. The number of amides is 1. The number of benzene rings is 1. The lowest BCUT2D eigenvalue weighted by atomic mass is 9.90. The number of rotatable bonds is 2. The summed E-state index contributed by atoms with van der Waals surface area (Å²) in [6.45, 7) is 5.23. The monoisotopic (exact) mass is 235 g/mol. The molecule has 0 aromatic heterocycles. The molecule has 1 saturated heterocycles. The molecule has 1 aromatic carbocycles. The number of carbonyl (C=O) groups excluding carboxylic acids is 1. The molecule has 92 valence electrons. The van der Waals surface area contributed by atoms with Gasteiger partial charge in [-0.2, -0.15) is 0 Å². The summed E-state index contributed by atoms with van der Waals surface area (Å²) in [5, 5.41) is 10.6. The molecule has 0 saturated carbocycles. The smallest absolute Gasteiger partial charge is 0.417 e. The van der Waals surface area contributed by atoms with Crippen LogP contribution in [0.5, 0.6) is 0 Å². The van der Waals surface area contributed by atoms with Crippen LogP contribution in [0.4, 0.5) is 10.5 Å². The van der Waals surface area contributed by atoms with Crippen molar-refractivity contribution in [3.8, 4) is 0 Å². The Balaban J connectivity index is 2.46. The summed E-state index contributed by atoms with van der Waals surface area (Å²) < 4.78 is 5.32. The highest BCUT2D eigenvalue weighted by atomic mass is 16.6. The number of para-hydroxylation sites is 1. The highest BCUT2D eigenvalue weighted by Crippen LogP contribution is 2.42. The summed E-state index contributed by atoms with van der Waals surface area (Å²) in [7, 11) is 0. The van der Waals surface area contributed by atoms with Crippen LogP contribution in [0.15, 0.2) is 30.3 Å². The van der Waals surface area contributed by atoms with Crippen molar-refractivity contribution >= 4 is 11.8 Å². The van der Waals surface area contributed by atoms with Gasteiger partial charge in [0.05, 0.1) is 5.69 Å². The van der Waals surface area contributed by atoms with Gasteiger partial charge in [0, 0.05) is 0 Å². The summed E-state index contributed by atoms with van der Waals surface area (Å²) in [6.07, 6.45) is 0.0419. The molecule has 0 aliphatic carbocycles. The number of anilines is 1. The molecule has 1 aliphatic heterocycles. The fraction of sp³-hybridized carbons (Fsp3) is 0.462. The Labute approximate surface area is 101 Å². The van der Waals surface area contributed by atoms with Crippen LogP contribution in [-0.4, -0.2) is 22.5 Å². The number of hydrogen-bond acceptors (Lipinski definition) is 3. The Morgan fingerprint density at radius 3 is 2.35 bits per heavy atom. The lowest BCUT2D eigenvalue weighted by Gasteiger charge is -2.36. The zero-order valence-corrected chi connectivity index (χ0v) is 10.3. The molecule has 2 atom stereocenters. The largest absolute Gasteiger partial charge is 0.438 e. The van der Waals surface area contributed by atoms with Crippen molar-refractivity contribution in [2.45, 2.75) is 38.5 Å². The van der Waals surface area contributed by atoms with Crippen molar-refractivity contribution in [2.75, 3.05) is 4.90 Å². The minimum atomic E-state index is -1.35. The van der Waals surface area contributed by atoms with E-state index in [4.69, 9.17) is 4.74 Å². The van der Waals surface area contributed by atoms with E-state index in [0.29, 0.717) is 12.1 Å². The summed E-state index contributed by atoms with van der Waals surface area (Å²) in [6, 6.07) is 9.05. The second-order valence-electron chi connectivity index (χ2n) is 4.64. The van der Waals surface area contributed by atoms with Crippen LogP contribution < -0.4 is 4.90 Å². The van der Waals surface area contributed by atoms with Crippen LogP contribution in [0, 0.1) is 0 Å². The van der Waals surface area contributed by atoms with Crippen LogP contribution in [0.3, 0.4) is 0 Å². The molecule has 0 spiro atoms. The van der Waals surface area contributed by atoms with E-state index < -0.39 is 17.4 Å². The summed E-state index contributed by atoms with van der Waals surface area (Å²) in [5.74, 6) is 0. The summed E-state index contributed by atoms with van der Waals surface area (Å²) >= 11 is 0. The zero-order valence-electron chi connectivity index (χ0n) is 10.3. The second kappa shape index (κ2) is 3.74. The molecule has 1 fully saturated rings. The molecular formula is C13H17NO3. The molecule has 2 rings (SSSR count). The van der Waals surface area contributed by atoms with Crippen molar-refractivity contribution in [1.29, 1.82) is 0 Å². The van der Waals surface area contributed by atoms with Crippen LogP contribution in [0.1, 0.15) is 27.2 Å². The topological polar surface area (TPSA) is 49.8 Å². The summed E-state index contributed by atoms with van der Waals surface area (Å²) in [4.78, 5) is 13.2. The number of nitrogens with zero attached hydrogens (tertiary/aromatic N) is 1. The molecular weight excluding hydrogens is 218 g/mol. The third kappa shape index (κ3) is 1.60. The highest BCUT2D eigenvalue weighted by molar-refractivity contribution is 5.92.